The molecule has 0 aliphatic heterocycles. The minimum Gasteiger partial charge on any atom is -0.313 e. The summed E-state index contributed by atoms with van der Waals surface area (Å²) in [7, 11) is 0. The van der Waals surface area contributed by atoms with Crippen LogP contribution >= 0.6 is 0 Å². The summed E-state index contributed by atoms with van der Waals surface area (Å²) in [4.78, 5) is 2.50. The largest absolute Gasteiger partial charge is 0.313 e. The zero-order valence-electron chi connectivity index (χ0n) is 39.6. The molecule has 1 unspecified atom stereocenters. The Morgan fingerprint density at radius 3 is 1.62 bits per heavy atom. The number of hydrogen-bond acceptors (Lipinski definition) is 1. The average Bonchev–Trinajstić information content (AvgIpc) is 3.78. The molecule has 0 N–H and O–H groups in total. The molecule has 1 aromatic heterocycles. The smallest absolute Gasteiger partial charge is 0.0541 e. The van der Waals surface area contributed by atoms with Gasteiger partial charge in [-0.05, 0) is 146 Å². The lowest BCUT2D eigenvalue weighted by atomic mass is 9.73. The van der Waals surface area contributed by atoms with Crippen LogP contribution in [0.1, 0.15) is 18.9 Å². The third-order valence-electron chi connectivity index (χ3n) is 14.9. The highest BCUT2D eigenvalue weighted by Crippen LogP contribution is 2.48. The number of hydrogen-bond donors (Lipinski definition) is 0. The molecule has 1 aliphatic rings. The molecule has 2 heteroatoms. The Labute approximate surface area is 415 Å². The number of anilines is 2. The van der Waals surface area contributed by atoms with Gasteiger partial charge in [0.1, 0.15) is 0 Å². The van der Waals surface area contributed by atoms with Crippen molar-refractivity contribution in [3.8, 4) is 50.2 Å². The van der Waals surface area contributed by atoms with Crippen molar-refractivity contribution in [1.82, 2.24) is 4.57 Å². The van der Waals surface area contributed by atoms with Gasteiger partial charge in [-0.3, -0.25) is 0 Å². The van der Waals surface area contributed by atoms with Crippen LogP contribution in [-0.2, 0) is 5.41 Å². The molecule has 336 valence electrons. The Bertz CT molecular complexity index is 4010. The molecule has 71 heavy (non-hydrogen) atoms. The number of fused-ring (bicyclic) bond motifs is 6. The van der Waals surface area contributed by atoms with E-state index in [1.165, 1.54) is 99.1 Å². The maximum atomic E-state index is 2.50. The van der Waals surface area contributed by atoms with Crippen molar-refractivity contribution in [2.45, 2.75) is 18.8 Å². The lowest BCUT2D eigenvalue weighted by Gasteiger charge is -2.41. The Balaban J connectivity index is 0.945. The summed E-state index contributed by atoms with van der Waals surface area (Å²) in [5.41, 5.74) is 17.6. The van der Waals surface area contributed by atoms with Gasteiger partial charge >= 0.3 is 0 Å². The molecule has 0 saturated carbocycles. The van der Waals surface area contributed by atoms with Gasteiger partial charge in [-0.25, -0.2) is 0 Å². The van der Waals surface area contributed by atoms with Gasteiger partial charge in [-0.2, -0.15) is 0 Å². The Hall–Kier alpha value is -8.98. The fourth-order valence-electron chi connectivity index (χ4n) is 11.4. The van der Waals surface area contributed by atoms with Crippen molar-refractivity contribution in [3.05, 3.63) is 284 Å². The van der Waals surface area contributed by atoms with Crippen molar-refractivity contribution in [3.63, 3.8) is 0 Å². The number of benzene rings is 11. The van der Waals surface area contributed by atoms with E-state index in [-0.39, 0.29) is 5.41 Å². The zero-order valence-corrected chi connectivity index (χ0v) is 39.6. The van der Waals surface area contributed by atoms with Gasteiger partial charge in [0.05, 0.1) is 11.0 Å². The molecular formula is C69H50N2. The minimum atomic E-state index is -0.374. The molecule has 0 bridgehead atoms. The van der Waals surface area contributed by atoms with Crippen LogP contribution in [0.15, 0.2) is 279 Å². The maximum absolute atomic E-state index is 2.50. The van der Waals surface area contributed by atoms with Gasteiger partial charge in [0.2, 0.25) is 0 Å². The van der Waals surface area contributed by atoms with Crippen molar-refractivity contribution < 1.29 is 0 Å². The van der Waals surface area contributed by atoms with E-state index in [2.05, 4.69) is 289 Å². The number of para-hydroxylation sites is 2. The molecule has 12 aromatic rings. The molecule has 0 saturated heterocycles. The van der Waals surface area contributed by atoms with Crippen LogP contribution in [0.5, 0.6) is 0 Å². The number of nitrogens with zero attached hydrogens (tertiary/aromatic N) is 2. The first-order chi connectivity index (χ1) is 35.1. The lowest BCUT2D eigenvalue weighted by Crippen LogP contribution is -2.35. The van der Waals surface area contributed by atoms with Crippen molar-refractivity contribution in [2.24, 2.45) is 0 Å². The van der Waals surface area contributed by atoms with E-state index in [1.807, 2.05) is 0 Å². The van der Waals surface area contributed by atoms with Gasteiger partial charge in [0.15, 0.2) is 0 Å². The highest BCUT2D eigenvalue weighted by molar-refractivity contribution is 6.12. The zero-order chi connectivity index (χ0) is 47.3. The number of rotatable bonds is 9. The van der Waals surface area contributed by atoms with E-state index < -0.39 is 0 Å². The van der Waals surface area contributed by atoms with E-state index in [0.717, 1.165) is 23.5 Å². The molecule has 0 spiro atoms. The first kappa shape index (κ1) is 42.1. The SMILES string of the molecule is CC1(c2ccc3c(c2)c2ccccc2n3-c2ccccc2)CC=CC=C1N(c1ccc(-c2ccccc2-c2ccccc2-c2ccccc2)cc1)c1ccc(-c2cccc3c2ccc2ccccc23)cc1. The van der Waals surface area contributed by atoms with Crippen LogP contribution in [-0.4, -0.2) is 4.57 Å². The van der Waals surface area contributed by atoms with Gasteiger partial charge in [-0.1, -0.05) is 212 Å². The lowest BCUT2D eigenvalue weighted by molar-refractivity contribution is 0.550. The molecule has 1 atom stereocenters. The summed E-state index contributed by atoms with van der Waals surface area (Å²) in [6.07, 6.45) is 7.77. The van der Waals surface area contributed by atoms with Gasteiger partial charge in [0.25, 0.3) is 0 Å². The Kier molecular flexibility index (Phi) is 10.4. The van der Waals surface area contributed by atoms with Gasteiger partial charge in [-0.15, -0.1) is 0 Å². The van der Waals surface area contributed by atoms with E-state index in [0.29, 0.717) is 0 Å². The predicted octanol–water partition coefficient (Wildman–Crippen LogP) is 18.7. The molecule has 13 rings (SSSR count). The number of allylic oxidation sites excluding steroid dienone is 4. The second kappa shape index (κ2) is 17.5. The van der Waals surface area contributed by atoms with Crippen LogP contribution in [0.3, 0.4) is 0 Å². The van der Waals surface area contributed by atoms with Crippen molar-refractivity contribution in [2.75, 3.05) is 4.90 Å². The monoisotopic (exact) mass is 906 g/mol. The summed E-state index contributed by atoms with van der Waals surface area (Å²) in [5, 5.41) is 7.58. The first-order valence-electron chi connectivity index (χ1n) is 24.7. The van der Waals surface area contributed by atoms with Crippen LogP contribution in [0.4, 0.5) is 11.4 Å². The van der Waals surface area contributed by atoms with Crippen LogP contribution < -0.4 is 4.90 Å². The topological polar surface area (TPSA) is 8.17 Å². The highest BCUT2D eigenvalue weighted by Gasteiger charge is 2.37. The predicted molar refractivity (Wildman–Crippen MR) is 302 cm³/mol. The standard InChI is InChI=1S/C69H50N2/c1-69(52-39-45-67-65(47-52)64-29-14-15-32-66(64)71(67)53-22-6-3-7-23-53)46-17-16-33-68(69)70(55-42-36-51(37-43-55)59-30-18-31-62-57-24-9-8-21-49(57)38-44-63(59)62)54-40-34-50(35-41-54)58-26-11-13-28-61(58)60-27-12-10-25-56(60)48-19-4-2-5-20-48/h2-45,47H,46H2,1H3. The third-order valence-corrected chi connectivity index (χ3v) is 14.9. The average molecular weight is 907 g/mol. The van der Waals surface area contributed by atoms with E-state index in [9.17, 15) is 0 Å². The molecular weight excluding hydrogens is 857 g/mol. The van der Waals surface area contributed by atoms with E-state index >= 15 is 0 Å². The van der Waals surface area contributed by atoms with Crippen molar-refractivity contribution >= 4 is 54.7 Å². The normalized spacial score (nSPS) is 14.6. The molecule has 11 aromatic carbocycles. The summed E-state index contributed by atoms with van der Waals surface area (Å²) >= 11 is 0. The molecule has 1 aliphatic carbocycles. The summed E-state index contributed by atoms with van der Waals surface area (Å²) < 4.78 is 2.40. The first-order valence-corrected chi connectivity index (χ1v) is 24.7. The van der Waals surface area contributed by atoms with Gasteiger partial charge in [0, 0.05) is 38.9 Å². The molecule has 0 amide bonds. The van der Waals surface area contributed by atoms with E-state index in [1.54, 1.807) is 0 Å². The molecule has 0 radical (unpaired) electrons. The summed E-state index contributed by atoms with van der Waals surface area (Å²) in [6.45, 7) is 2.43. The highest BCUT2D eigenvalue weighted by atomic mass is 15.2. The quantitative estimate of drug-likeness (QED) is 0.131. The second-order valence-corrected chi connectivity index (χ2v) is 19.0. The summed E-state index contributed by atoms with van der Waals surface area (Å²) in [5.74, 6) is 0. The summed E-state index contributed by atoms with van der Waals surface area (Å²) in [6, 6.07) is 93.5. The van der Waals surface area contributed by atoms with Crippen LogP contribution in [0.25, 0.3) is 93.5 Å². The molecule has 0 fully saturated rings. The Morgan fingerprint density at radius 2 is 0.915 bits per heavy atom. The fourth-order valence-corrected chi connectivity index (χ4v) is 11.4. The third kappa shape index (κ3) is 7.27. The number of aromatic nitrogens is 1. The van der Waals surface area contributed by atoms with Crippen LogP contribution in [0, 0.1) is 0 Å². The van der Waals surface area contributed by atoms with E-state index in [4.69, 9.17) is 0 Å². The van der Waals surface area contributed by atoms with Gasteiger partial charge < -0.3 is 9.47 Å². The van der Waals surface area contributed by atoms with Crippen LogP contribution in [0.2, 0.25) is 0 Å². The second-order valence-electron chi connectivity index (χ2n) is 19.0. The molecule has 1 heterocycles. The fraction of sp³-hybridized carbons (Fsp3) is 0.0435. The van der Waals surface area contributed by atoms with Crippen molar-refractivity contribution in [1.29, 1.82) is 0 Å². The molecule has 2 nitrogen and oxygen atoms in total. The minimum absolute atomic E-state index is 0.374. The Morgan fingerprint density at radius 1 is 0.380 bits per heavy atom. The maximum Gasteiger partial charge on any atom is 0.0541 e.